The number of ether oxygens (including phenoxy) is 2. The summed E-state index contributed by atoms with van der Waals surface area (Å²) in [5.74, 6) is 0.461. The topological polar surface area (TPSA) is 105 Å². The molecule has 208 valence electrons. The van der Waals surface area contributed by atoms with Gasteiger partial charge in [-0.15, -0.1) is 0 Å². The number of sulfonamides is 1. The summed E-state index contributed by atoms with van der Waals surface area (Å²) in [5.41, 5.74) is 1.14. The highest BCUT2D eigenvalue weighted by atomic mass is 35.5. The van der Waals surface area contributed by atoms with Crippen molar-refractivity contribution >= 4 is 50.7 Å². The third-order valence-corrected chi connectivity index (χ3v) is 8.06. The highest BCUT2D eigenvalue weighted by molar-refractivity contribution is 7.92. The van der Waals surface area contributed by atoms with Gasteiger partial charge in [0.05, 0.1) is 22.0 Å². The smallest absolute Gasteiger partial charge is 0.242 e. The Morgan fingerprint density at radius 1 is 1.05 bits per heavy atom. The Morgan fingerprint density at radius 2 is 1.79 bits per heavy atom. The van der Waals surface area contributed by atoms with E-state index in [9.17, 15) is 18.0 Å². The number of anilines is 1. The average Bonchev–Trinajstić information content (AvgIpc) is 3.34. The third kappa shape index (κ3) is 7.91. The molecule has 0 saturated carbocycles. The van der Waals surface area contributed by atoms with Crippen LogP contribution in [-0.2, 0) is 26.2 Å². The molecule has 2 aromatic rings. The zero-order chi connectivity index (χ0) is 27.9. The fourth-order valence-corrected chi connectivity index (χ4v) is 5.28. The highest BCUT2D eigenvalue weighted by Gasteiger charge is 2.27. The van der Waals surface area contributed by atoms with Gasteiger partial charge in [-0.3, -0.25) is 13.9 Å². The van der Waals surface area contributed by atoms with E-state index in [0.29, 0.717) is 33.8 Å². The second kappa shape index (κ2) is 13.4. The van der Waals surface area contributed by atoms with Crippen molar-refractivity contribution in [3.8, 4) is 11.5 Å². The van der Waals surface area contributed by atoms with Crippen LogP contribution in [0.5, 0.6) is 11.5 Å². The van der Waals surface area contributed by atoms with Crippen LogP contribution in [0.2, 0.25) is 10.0 Å². The largest absolute Gasteiger partial charge is 0.454 e. The Balaban J connectivity index is 1.73. The summed E-state index contributed by atoms with van der Waals surface area (Å²) in [6.45, 7) is 4.52. The molecule has 0 saturated heterocycles. The van der Waals surface area contributed by atoms with E-state index in [1.807, 2.05) is 6.92 Å². The van der Waals surface area contributed by atoms with Gasteiger partial charge in [0.2, 0.25) is 28.6 Å². The summed E-state index contributed by atoms with van der Waals surface area (Å²) in [4.78, 5) is 27.7. The van der Waals surface area contributed by atoms with Gasteiger partial charge in [0.25, 0.3) is 0 Å². The van der Waals surface area contributed by atoms with Gasteiger partial charge >= 0.3 is 0 Å². The highest BCUT2D eigenvalue weighted by Crippen LogP contribution is 2.36. The lowest BCUT2D eigenvalue weighted by Crippen LogP contribution is -2.48. The molecular weight excluding hydrogens is 553 g/mol. The molecule has 0 aliphatic carbocycles. The first-order valence-corrected chi connectivity index (χ1v) is 15.0. The van der Waals surface area contributed by atoms with Gasteiger partial charge in [-0.25, -0.2) is 8.42 Å². The molecule has 1 heterocycles. The summed E-state index contributed by atoms with van der Waals surface area (Å²) < 4.78 is 37.0. The minimum absolute atomic E-state index is 0.0322. The summed E-state index contributed by atoms with van der Waals surface area (Å²) in [5, 5.41) is 3.61. The maximum atomic E-state index is 13.4. The molecule has 1 N–H and O–H groups in total. The number of carbonyl (C=O) groups is 2. The second-order valence-electron chi connectivity index (χ2n) is 9.07. The van der Waals surface area contributed by atoms with Crippen molar-refractivity contribution < 1.29 is 27.5 Å². The fourth-order valence-electron chi connectivity index (χ4n) is 4.00. The molecule has 9 nitrogen and oxygen atoms in total. The lowest BCUT2D eigenvalue weighted by atomic mass is 10.1. The van der Waals surface area contributed by atoms with Crippen molar-refractivity contribution in [3.63, 3.8) is 0 Å². The number of nitrogens with one attached hydrogen (secondary N) is 1. The number of rotatable bonds is 13. The maximum Gasteiger partial charge on any atom is 0.242 e. The molecule has 1 atom stereocenters. The number of carbonyl (C=O) groups excluding carboxylic acids is 2. The quantitative estimate of drug-likeness (QED) is 0.344. The summed E-state index contributed by atoms with van der Waals surface area (Å²) >= 11 is 12.2. The molecule has 0 fully saturated rings. The Labute approximate surface area is 234 Å². The molecule has 1 aliphatic rings. The molecule has 0 radical (unpaired) electrons. The van der Waals surface area contributed by atoms with Gasteiger partial charge < -0.3 is 19.7 Å². The van der Waals surface area contributed by atoms with Crippen molar-refractivity contribution in [2.45, 2.75) is 52.1 Å². The van der Waals surface area contributed by atoms with Crippen LogP contribution in [0.15, 0.2) is 36.4 Å². The Morgan fingerprint density at radius 3 is 2.47 bits per heavy atom. The molecule has 1 aliphatic heterocycles. The lowest BCUT2D eigenvalue weighted by Gasteiger charge is -2.29. The van der Waals surface area contributed by atoms with Crippen LogP contribution >= 0.6 is 23.2 Å². The van der Waals surface area contributed by atoms with Crippen molar-refractivity contribution in [2.75, 3.05) is 30.4 Å². The van der Waals surface area contributed by atoms with Crippen molar-refractivity contribution in [3.05, 3.63) is 52.0 Å². The molecule has 0 spiro atoms. The molecule has 2 amide bonds. The fraction of sp³-hybridized carbons (Fsp3) is 0.462. The van der Waals surface area contributed by atoms with Gasteiger partial charge in [0.15, 0.2) is 11.5 Å². The first kappa shape index (κ1) is 29.9. The SMILES string of the molecule is CCCCNC(=O)C(C)N(Cc1ccc(Cl)c(Cl)c1)C(=O)CCCN(c1ccc2c(c1)OCO2)S(C)(=O)=O. The summed E-state index contributed by atoms with van der Waals surface area (Å²) in [7, 11) is -3.63. The predicted molar refractivity (Wildman–Crippen MR) is 148 cm³/mol. The van der Waals surface area contributed by atoms with Crippen LogP contribution in [0.1, 0.15) is 45.1 Å². The Hall–Kier alpha value is -2.69. The standard InChI is InChI=1S/C26H33Cl2N3O6S/c1-4-5-12-29-26(33)18(2)30(16-19-8-10-21(27)22(28)14-19)25(32)7-6-13-31(38(3,34)35)20-9-11-23-24(15-20)37-17-36-23/h8-11,14-15,18H,4-7,12-13,16-17H2,1-3H3,(H,29,33). The second-order valence-corrected chi connectivity index (χ2v) is 11.8. The molecule has 38 heavy (non-hydrogen) atoms. The van der Waals surface area contributed by atoms with Crippen molar-refractivity contribution in [1.29, 1.82) is 0 Å². The van der Waals surface area contributed by atoms with Gasteiger partial charge in [0, 0.05) is 32.1 Å². The Kier molecular flexibility index (Phi) is 10.5. The number of benzene rings is 2. The van der Waals surface area contributed by atoms with E-state index in [-0.39, 0.29) is 44.5 Å². The van der Waals surface area contributed by atoms with Crippen molar-refractivity contribution in [1.82, 2.24) is 10.2 Å². The predicted octanol–water partition coefficient (Wildman–Crippen LogP) is 4.60. The number of amides is 2. The number of hydrogen-bond donors (Lipinski definition) is 1. The van der Waals surface area contributed by atoms with Crippen LogP contribution < -0.4 is 19.1 Å². The van der Waals surface area contributed by atoms with Crippen LogP contribution in [0.4, 0.5) is 5.69 Å². The van der Waals surface area contributed by atoms with Crippen LogP contribution in [0.25, 0.3) is 0 Å². The lowest BCUT2D eigenvalue weighted by molar-refractivity contribution is -0.140. The molecule has 0 aromatic heterocycles. The van der Waals surface area contributed by atoms with E-state index >= 15 is 0 Å². The van der Waals surface area contributed by atoms with Crippen LogP contribution in [-0.4, -0.2) is 57.3 Å². The monoisotopic (exact) mass is 585 g/mol. The first-order valence-electron chi connectivity index (χ1n) is 12.4. The van der Waals surface area contributed by atoms with E-state index in [1.165, 1.54) is 9.21 Å². The van der Waals surface area contributed by atoms with E-state index in [1.54, 1.807) is 43.3 Å². The van der Waals surface area contributed by atoms with Crippen LogP contribution in [0, 0.1) is 0 Å². The first-order chi connectivity index (χ1) is 18.0. The van der Waals surface area contributed by atoms with Gasteiger partial charge in [-0.05, 0) is 49.6 Å². The van der Waals surface area contributed by atoms with Crippen molar-refractivity contribution in [2.24, 2.45) is 0 Å². The number of hydrogen-bond acceptors (Lipinski definition) is 6. The minimum Gasteiger partial charge on any atom is -0.454 e. The molecule has 3 rings (SSSR count). The normalized spacial score (nSPS) is 13.2. The molecular formula is C26H33Cl2N3O6S. The molecule has 1 unspecified atom stereocenters. The molecule has 12 heteroatoms. The zero-order valence-electron chi connectivity index (χ0n) is 21.7. The molecule has 2 aromatic carbocycles. The summed E-state index contributed by atoms with van der Waals surface area (Å²) in [6.07, 6.45) is 3.15. The van der Waals surface area contributed by atoms with E-state index in [2.05, 4.69) is 5.32 Å². The van der Waals surface area contributed by atoms with Gasteiger partial charge in [-0.2, -0.15) is 0 Å². The molecule has 0 bridgehead atoms. The number of nitrogens with zero attached hydrogens (tertiary/aromatic N) is 2. The van der Waals surface area contributed by atoms with Crippen LogP contribution in [0.3, 0.4) is 0 Å². The van der Waals surface area contributed by atoms with E-state index in [4.69, 9.17) is 32.7 Å². The minimum atomic E-state index is -3.63. The Bertz CT molecular complexity index is 1260. The number of halogens is 2. The van der Waals surface area contributed by atoms with Gasteiger partial charge in [0.1, 0.15) is 6.04 Å². The summed E-state index contributed by atoms with van der Waals surface area (Å²) in [6, 6.07) is 9.20. The number of fused-ring (bicyclic) bond motifs is 1. The van der Waals surface area contributed by atoms with E-state index < -0.39 is 16.1 Å². The maximum absolute atomic E-state index is 13.4. The van der Waals surface area contributed by atoms with E-state index in [0.717, 1.165) is 24.7 Å². The zero-order valence-corrected chi connectivity index (χ0v) is 24.0. The van der Waals surface area contributed by atoms with Gasteiger partial charge in [-0.1, -0.05) is 42.6 Å². The average molecular weight is 587 g/mol. The number of unbranched alkanes of at least 4 members (excludes halogenated alkanes) is 1. The third-order valence-electron chi connectivity index (χ3n) is 6.13.